The van der Waals surface area contributed by atoms with Gasteiger partial charge in [-0.25, -0.2) is 4.79 Å². The van der Waals surface area contributed by atoms with Crippen LogP contribution in [-0.2, 0) is 7.05 Å². The van der Waals surface area contributed by atoms with E-state index in [0.29, 0.717) is 11.4 Å². The van der Waals surface area contributed by atoms with E-state index >= 15 is 0 Å². The minimum absolute atomic E-state index is 0.173. The Morgan fingerprint density at radius 1 is 1.26 bits per heavy atom. The Kier molecular flexibility index (Phi) is 3.33. The van der Waals surface area contributed by atoms with Gasteiger partial charge in [0.1, 0.15) is 0 Å². The van der Waals surface area contributed by atoms with Crippen molar-refractivity contribution in [1.82, 2.24) is 9.78 Å². The second kappa shape index (κ2) is 4.93. The van der Waals surface area contributed by atoms with E-state index in [0.717, 1.165) is 5.69 Å². The Morgan fingerprint density at radius 3 is 2.37 bits per heavy atom. The molecule has 0 saturated carbocycles. The van der Waals surface area contributed by atoms with Crippen molar-refractivity contribution in [2.24, 2.45) is 7.05 Å². The number of carbonyl (C=O) groups is 2. The van der Waals surface area contributed by atoms with Gasteiger partial charge in [0.05, 0.1) is 5.56 Å². The molecule has 1 amide bonds. The van der Waals surface area contributed by atoms with E-state index < -0.39 is 5.97 Å². The highest BCUT2D eigenvalue weighted by atomic mass is 16.4. The molecular formula is C13H13N3O3. The summed E-state index contributed by atoms with van der Waals surface area (Å²) in [5.41, 5.74) is 1.90. The summed E-state index contributed by atoms with van der Waals surface area (Å²) in [6, 6.07) is 7.62. The lowest BCUT2D eigenvalue weighted by atomic mass is 10.2. The third-order valence-electron chi connectivity index (χ3n) is 2.74. The first kappa shape index (κ1) is 12.8. The largest absolute Gasteiger partial charge is 0.478 e. The summed E-state index contributed by atoms with van der Waals surface area (Å²) in [5, 5.41) is 15.5. The predicted octanol–water partition coefficient (Wildman–Crippen LogP) is 1.68. The fraction of sp³-hybridized carbons (Fsp3) is 0.154. The third kappa shape index (κ3) is 2.79. The second-order valence-corrected chi connectivity index (χ2v) is 4.13. The van der Waals surface area contributed by atoms with Crippen LogP contribution in [0.15, 0.2) is 30.3 Å². The summed E-state index contributed by atoms with van der Waals surface area (Å²) < 4.78 is 1.61. The number of aryl methyl sites for hydroxylation is 2. The van der Waals surface area contributed by atoms with Crippen molar-refractivity contribution < 1.29 is 14.7 Å². The van der Waals surface area contributed by atoms with Crippen LogP contribution in [0.3, 0.4) is 0 Å². The molecule has 19 heavy (non-hydrogen) atoms. The number of carbonyl (C=O) groups excluding carboxylic acids is 1. The zero-order valence-corrected chi connectivity index (χ0v) is 10.5. The SMILES string of the molecule is Cc1cc(C(=O)Nc2ccc(C(=O)O)cc2)nn1C. The van der Waals surface area contributed by atoms with Crippen molar-refractivity contribution in [3.05, 3.63) is 47.3 Å². The van der Waals surface area contributed by atoms with Gasteiger partial charge in [0.25, 0.3) is 5.91 Å². The molecule has 0 aliphatic heterocycles. The Balaban J connectivity index is 2.12. The third-order valence-corrected chi connectivity index (χ3v) is 2.74. The number of nitrogens with one attached hydrogen (secondary N) is 1. The maximum absolute atomic E-state index is 11.9. The summed E-state index contributed by atoms with van der Waals surface area (Å²) in [4.78, 5) is 22.6. The van der Waals surface area contributed by atoms with Gasteiger partial charge in [-0.2, -0.15) is 5.10 Å². The van der Waals surface area contributed by atoms with Gasteiger partial charge in [0.15, 0.2) is 5.69 Å². The number of amides is 1. The van der Waals surface area contributed by atoms with Crippen molar-refractivity contribution in [3.63, 3.8) is 0 Å². The molecule has 1 heterocycles. The molecule has 2 aromatic rings. The second-order valence-electron chi connectivity index (χ2n) is 4.13. The van der Waals surface area contributed by atoms with Crippen LogP contribution in [0.5, 0.6) is 0 Å². The predicted molar refractivity (Wildman–Crippen MR) is 69.3 cm³/mol. The van der Waals surface area contributed by atoms with Gasteiger partial charge in [-0.15, -0.1) is 0 Å². The molecule has 0 aliphatic carbocycles. The fourth-order valence-corrected chi connectivity index (χ4v) is 1.56. The van der Waals surface area contributed by atoms with Crippen molar-refractivity contribution >= 4 is 17.6 Å². The number of rotatable bonds is 3. The van der Waals surface area contributed by atoms with E-state index in [1.54, 1.807) is 17.8 Å². The molecule has 6 nitrogen and oxygen atoms in total. The molecule has 0 radical (unpaired) electrons. The number of carboxylic acids is 1. The first-order valence-electron chi connectivity index (χ1n) is 5.62. The van der Waals surface area contributed by atoms with Gasteiger partial charge >= 0.3 is 5.97 Å². The van der Waals surface area contributed by atoms with Gasteiger partial charge in [-0.05, 0) is 37.3 Å². The zero-order chi connectivity index (χ0) is 14.0. The van der Waals surface area contributed by atoms with Crippen LogP contribution < -0.4 is 5.32 Å². The van der Waals surface area contributed by atoms with Crippen LogP contribution >= 0.6 is 0 Å². The molecule has 0 atom stereocenters. The molecule has 0 aliphatic rings. The van der Waals surface area contributed by atoms with Gasteiger partial charge in [-0.1, -0.05) is 0 Å². The Hall–Kier alpha value is -2.63. The number of hydrogen-bond acceptors (Lipinski definition) is 3. The Labute approximate surface area is 109 Å². The van der Waals surface area contributed by atoms with Crippen molar-refractivity contribution in [3.8, 4) is 0 Å². The average Bonchev–Trinajstić information content (AvgIpc) is 2.70. The number of nitrogens with zero attached hydrogens (tertiary/aromatic N) is 2. The van der Waals surface area contributed by atoms with E-state index in [1.807, 2.05) is 6.92 Å². The molecule has 1 aromatic carbocycles. The summed E-state index contributed by atoms with van der Waals surface area (Å²) >= 11 is 0. The molecule has 98 valence electrons. The minimum Gasteiger partial charge on any atom is -0.478 e. The Morgan fingerprint density at radius 2 is 1.89 bits per heavy atom. The first-order valence-corrected chi connectivity index (χ1v) is 5.62. The topological polar surface area (TPSA) is 84.2 Å². The maximum Gasteiger partial charge on any atom is 0.335 e. The molecule has 1 aromatic heterocycles. The number of anilines is 1. The molecule has 0 saturated heterocycles. The minimum atomic E-state index is -1.00. The highest BCUT2D eigenvalue weighted by molar-refractivity contribution is 6.03. The monoisotopic (exact) mass is 259 g/mol. The molecule has 0 unspecified atom stereocenters. The van der Waals surface area contributed by atoms with Crippen molar-refractivity contribution in [2.75, 3.05) is 5.32 Å². The van der Waals surface area contributed by atoms with Crippen LogP contribution in [0.1, 0.15) is 26.5 Å². The Bertz CT molecular complexity index is 610. The van der Waals surface area contributed by atoms with Crippen LogP contribution in [0, 0.1) is 6.92 Å². The average molecular weight is 259 g/mol. The highest BCUT2D eigenvalue weighted by Crippen LogP contribution is 2.11. The molecule has 0 spiro atoms. The van der Waals surface area contributed by atoms with Gasteiger partial charge in [-0.3, -0.25) is 9.48 Å². The van der Waals surface area contributed by atoms with E-state index in [1.165, 1.54) is 24.3 Å². The number of aromatic nitrogens is 2. The number of hydrogen-bond donors (Lipinski definition) is 2. The summed E-state index contributed by atoms with van der Waals surface area (Å²) in [7, 11) is 1.76. The zero-order valence-electron chi connectivity index (χ0n) is 10.5. The van der Waals surface area contributed by atoms with Crippen LogP contribution in [0.25, 0.3) is 0 Å². The lowest BCUT2D eigenvalue weighted by Crippen LogP contribution is -2.13. The van der Waals surface area contributed by atoms with Gasteiger partial charge < -0.3 is 10.4 Å². The molecule has 0 bridgehead atoms. The van der Waals surface area contributed by atoms with Crippen molar-refractivity contribution in [1.29, 1.82) is 0 Å². The quantitative estimate of drug-likeness (QED) is 0.878. The van der Waals surface area contributed by atoms with Crippen LogP contribution in [0.4, 0.5) is 5.69 Å². The molecular weight excluding hydrogens is 246 g/mol. The standard InChI is InChI=1S/C13H13N3O3/c1-8-7-11(15-16(8)2)12(17)14-10-5-3-9(4-6-10)13(18)19/h3-7H,1-2H3,(H,14,17)(H,18,19). The lowest BCUT2D eigenvalue weighted by molar-refractivity contribution is 0.0696. The van der Waals surface area contributed by atoms with Crippen molar-refractivity contribution in [2.45, 2.75) is 6.92 Å². The van der Waals surface area contributed by atoms with Crippen LogP contribution in [-0.4, -0.2) is 26.8 Å². The smallest absolute Gasteiger partial charge is 0.335 e. The molecule has 6 heteroatoms. The highest BCUT2D eigenvalue weighted by Gasteiger charge is 2.11. The van der Waals surface area contributed by atoms with Gasteiger partial charge in [0, 0.05) is 18.4 Å². The normalized spacial score (nSPS) is 10.2. The van der Waals surface area contributed by atoms with E-state index in [4.69, 9.17) is 5.11 Å². The fourth-order valence-electron chi connectivity index (χ4n) is 1.56. The summed E-state index contributed by atoms with van der Waals surface area (Å²) in [6.07, 6.45) is 0. The molecule has 2 N–H and O–H groups in total. The first-order chi connectivity index (χ1) is 8.97. The summed E-state index contributed by atoms with van der Waals surface area (Å²) in [6.45, 7) is 1.85. The number of benzene rings is 1. The van der Waals surface area contributed by atoms with E-state index in [9.17, 15) is 9.59 Å². The summed E-state index contributed by atoms with van der Waals surface area (Å²) in [5.74, 6) is -1.33. The van der Waals surface area contributed by atoms with E-state index in [-0.39, 0.29) is 11.5 Å². The number of aromatic carboxylic acids is 1. The molecule has 2 rings (SSSR count). The maximum atomic E-state index is 11.9. The van der Waals surface area contributed by atoms with E-state index in [2.05, 4.69) is 10.4 Å². The van der Waals surface area contributed by atoms with Gasteiger partial charge in [0.2, 0.25) is 0 Å². The van der Waals surface area contributed by atoms with Crippen LogP contribution in [0.2, 0.25) is 0 Å². The lowest BCUT2D eigenvalue weighted by Gasteiger charge is -2.03. The molecule has 0 fully saturated rings. The number of carboxylic acid groups (broad SMARTS) is 1.